The third-order valence-corrected chi connectivity index (χ3v) is 3.19. The molecule has 1 atom stereocenters. The summed E-state index contributed by atoms with van der Waals surface area (Å²) < 4.78 is 0.835. The third kappa shape index (κ3) is 2.43. The molecule has 18 heavy (non-hydrogen) atoms. The van der Waals surface area contributed by atoms with E-state index in [-0.39, 0.29) is 12.3 Å². The molecule has 0 bridgehead atoms. The van der Waals surface area contributed by atoms with Crippen LogP contribution in [0.4, 0.5) is 5.69 Å². The molecule has 0 aromatic heterocycles. The second-order valence-electron chi connectivity index (χ2n) is 4.02. The van der Waals surface area contributed by atoms with Gasteiger partial charge < -0.3 is 5.11 Å². The molecule has 1 aliphatic rings. The number of aliphatic carboxylic acids is 1. The van der Waals surface area contributed by atoms with Crippen molar-refractivity contribution >= 4 is 39.2 Å². The first kappa shape index (κ1) is 12.8. The number of anilines is 1. The van der Waals surface area contributed by atoms with E-state index in [4.69, 9.17) is 5.11 Å². The molecule has 0 spiro atoms. The fraction of sp³-hybridized carbons (Fsp3) is 0.250. The maximum atomic E-state index is 12.1. The fourth-order valence-corrected chi connectivity index (χ4v) is 2.19. The minimum Gasteiger partial charge on any atom is -0.481 e. The Morgan fingerprint density at radius 2 is 2.28 bits per heavy atom. The van der Waals surface area contributed by atoms with Gasteiger partial charge in [0, 0.05) is 10.2 Å². The molecule has 0 unspecified atom stereocenters. The number of carbonyl (C=O) groups is 2. The largest absolute Gasteiger partial charge is 0.481 e. The average Bonchev–Trinajstić information content (AvgIpc) is 2.56. The summed E-state index contributed by atoms with van der Waals surface area (Å²) in [6.07, 6.45) is -0.224. The summed E-state index contributed by atoms with van der Waals surface area (Å²) in [4.78, 5) is 22.8. The standard InChI is InChI=1S/C12H11BrN2O3/c1-7-10(6-11(16)17)12(18)15(14-7)9-4-2-3-8(13)5-9/h2-5,10H,6H2,1H3,(H,16,17)/t10-/m0/s1. The van der Waals surface area contributed by atoms with E-state index in [9.17, 15) is 9.59 Å². The van der Waals surface area contributed by atoms with Crippen molar-refractivity contribution in [3.63, 3.8) is 0 Å². The van der Waals surface area contributed by atoms with Crippen molar-refractivity contribution in [2.45, 2.75) is 13.3 Å². The molecule has 6 heteroatoms. The van der Waals surface area contributed by atoms with E-state index in [1.165, 1.54) is 5.01 Å². The Labute approximate surface area is 112 Å². The van der Waals surface area contributed by atoms with Crippen molar-refractivity contribution < 1.29 is 14.7 Å². The number of benzene rings is 1. The van der Waals surface area contributed by atoms with Crippen LogP contribution in [0.2, 0.25) is 0 Å². The van der Waals surface area contributed by atoms with Crippen LogP contribution < -0.4 is 5.01 Å². The monoisotopic (exact) mass is 310 g/mol. The lowest BCUT2D eigenvalue weighted by Gasteiger charge is -2.13. The summed E-state index contributed by atoms with van der Waals surface area (Å²) in [5.41, 5.74) is 1.16. The van der Waals surface area contributed by atoms with E-state index < -0.39 is 11.9 Å². The second kappa shape index (κ2) is 4.89. The molecule has 5 nitrogen and oxygen atoms in total. The fourth-order valence-electron chi connectivity index (χ4n) is 1.81. The van der Waals surface area contributed by atoms with Gasteiger partial charge in [0.25, 0.3) is 5.91 Å². The number of rotatable bonds is 3. The molecule has 1 aromatic carbocycles. The Kier molecular flexibility index (Phi) is 3.47. The Morgan fingerprint density at radius 1 is 1.56 bits per heavy atom. The van der Waals surface area contributed by atoms with Crippen LogP contribution in [0, 0.1) is 5.92 Å². The maximum Gasteiger partial charge on any atom is 0.304 e. The molecule has 0 saturated carbocycles. The molecule has 1 aliphatic heterocycles. The number of carboxylic acid groups (broad SMARTS) is 1. The van der Waals surface area contributed by atoms with Crippen LogP contribution in [-0.2, 0) is 9.59 Å². The molecule has 0 radical (unpaired) electrons. The molecule has 2 rings (SSSR count). The molecule has 94 valence electrons. The van der Waals surface area contributed by atoms with Crippen molar-refractivity contribution in [1.82, 2.24) is 0 Å². The van der Waals surface area contributed by atoms with Gasteiger partial charge in [0.1, 0.15) is 0 Å². The van der Waals surface area contributed by atoms with Gasteiger partial charge in [-0.2, -0.15) is 5.10 Å². The summed E-state index contributed by atoms with van der Waals surface area (Å²) in [5.74, 6) is -1.96. The van der Waals surface area contributed by atoms with Crippen LogP contribution in [0.25, 0.3) is 0 Å². The summed E-state index contributed by atoms with van der Waals surface area (Å²) >= 11 is 3.32. The zero-order valence-corrected chi connectivity index (χ0v) is 11.2. The first-order valence-corrected chi connectivity index (χ1v) is 6.15. The Hall–Kier alpha value is -1.69. The Morgan fingerprint density at radius 3 is 2.89 bits per heavy atom. The van der Waals surface area contributed by atoms with Crippen LogP contribution in [0.3, 0.4) is 0 Å². The summed E-state index contributed by atoms with van der Waals surface area (Å²) in [6, 6.07) is 7.15. The lowest BCUT2D eigenvalue weighted by atomic mass is 10.0. The lowest BCUT2D eigenvalue weighted by molar-refractivity contribution is -0.139. The molecule has 0 saturated heterocycles. The molecular weight excluding hydrogens is 300 g/mol. The van der Waals surface area contributed by atoms with Crippen molar-refractivity contribution in [1.29, 1.82) is 0 Å². The van der Waals surface area contributed by atoms with Crippen LogP contribution in [-0.4, -0.2) is 22.7 Å². The smallest absolute Gasteiger partial charge is 0.304 e. The summed E-state index contributed by atoms with van der Waals surface area (Å²) in [7, 11) is 0. The highest BCUT2D eigenvalue weighted by molar-refractivity contribution is 9.10. The van der Waals surface area contributed by atoms with Crippen LogP contribution >= 0.6 is 15.9 Å². The topological polar surface area (TPSA) is 70.0 Å². The van der Waals surface area contributed by atoms with E-state index in [0.717, 1.165) is 4.47 Å². The highest BCUT2D eigenvalue weighted by atomic mass is 79.9. The Bertz CT molecular complexity index is 542. The zero-order chi connectivity index (χ0) is 13.3. The van der Waals surface area contributed by atoms with Gasteiger partial charge in [0.05, 0.1) is 18.0 Å². The van der Waals surface area contributed by atoms with Gasteiger partial charge in [-0.25, -0.2) is 5.01 Å². The van der Waals surface area contributed by atoms with Gasteiger partial charge in [-0.05, 0) is 25.1 Å². The van der Waals surface area contributed by atoms with Gasteiger partial charge in [-0.1, -0.05) is 22.0 Å². The minimum absolute atomic E-state index is 0.224. The maximum absolute atomic E-state index is 12.1. The molecular formula is C12H11BrN2O3. The van der Waals surface area contributed by atoms with E-state index >= 15 is 0 Å². The Balaban J connectivity index is 2.28. The van der Waals surface area contributed by atoms with Crippen molar-refractivity contribution in [2.75, 3.05) is 5.01 Å². The quantitative estimate of drug-likeness (QED) is 0.931. The number of hydrogen-bond acceptors (Lipinski definition) is 3. The van der Waals surface area contributed by atoms with Crippen LogP contribution in [0.5, 0.6) is 0 Å². The predicted molar refractivity (Wildman–Crippen MR) is 70.5 cm³/mol. The summed E-state index contributed by atoms with van der Waals surface area (Å²) in [6.45, 7) is 1.67. The van der Waals surface area contributed by atoms with E-state index in [1.807, 2.05) is 6.07 Å². The number of hydrogen-bond donors (Lipinski definition) is 1. The van der Waals surface area contributed by atoms with E-state index in [0.29, 0.717) is 11.4 Å². The molecule has 1 amide bonds. The van der Waals surface area contributed by atoms with Gasteiger partial charge in [-0.15, -0.1) is 0 Å². The average molecular weight is 311 g/mol. The number of nitrogens with zero attached hydrogens (tertiary/aromatic N) is 2. The first-order chi connectivity index (χ1) is 8.49. The normalized spacial score (nSPS) is 19.0. The predicted octanol–water partition coefficient (Wildman–Crippen LogP) is 2.26. The van der Waals surface area contributed by atoms with E-state index in [2.05, 4.69) is 21.0 Å². The second-order valence-corrected chi connectivity index (χ2v) is 4.94. The SMILES string of the molecule is CC1=NN(c2cccc(Br)c2)C(=O)[C@H]1CC(=O)O. The van der Waals surface area contributed by atoms with Gasteiger partial charge in [-0.3, -0.25) is 9.59 Å². The third-order valence-electron chi connectivity index (χ3n) is 2.70. The summed E-state index contributed by atoms with van der Waals surface area (Å²) in [5, 5.41) is 14.2. The molecule has 1 heterocycles. The van der Waals surface area contributed by atoms with Crippen molar-refractivity contribution in [3.05, 3.63) is 28.7 Å². The minimum atomic E-state index is -1.00. The number of carbonyl (C=O) groups excluding carboxylic acids is 1. The number of halogens is 1. The molecule has 0 aliphatic carbocycles. The lowest BCUT2D eigenvalue weighted by Crippen LogP contribution is -2.28. The number of amides is 1. The van der Waals surface area contributed by atoms with E-state index in [1.54, 1.807) is 25.1 Å². The van der Waals surface area contributed by atoms with Crippen LogP contribution in [0.15, 0.2) is 33.8 Å². The number of carboxylic acids is 1. The molecule has 0 fully saturated rings. The first-order valence-electron chi connectivity index (χ1n) is 5.35. The number of hydrazone groups is 1. The molecule has 1 N–H and O–H groups in total. The van der Waals surface area contributed by atoms with Gasteiger partial charge in [0.15, 0.2) is 0 Å². The van der Waals surface area contributed by atoms with Gasteiger partial charge >= 0.3 is 5.97 Å². The highest BCUT2D eigenvalue weighted by Gasteiger charge is 2.35. The van der Waals surface area contributed by atoms with Gasteiger partial charge in [0.2, 0.25) is 0 Å². The zero-order valence-electron chi connectivity index (χ0n) is 9.63. The van der Waals surface area contributed by atoms with Crippen molar-refractivity contribution in [2.24, 2.45) is 11.0 Å². The van der Waals surface area contributed by atoms with Crippen LogP contribution in [0.1, 0.15) is 13.3 Å². The molecule has 1 aromatic rings. The van der Waals surface area contributed by atoms with Crippen molar-refractivity contribution in [3.8, 4) is 0 Å². The highest BCUT2D eigenvalue weighted by Crippen LogP contribution is 2.27.